The first-order valence-electron chi connectivity index (χ1n) is 10.3. The van der Waals surface area contributed by atoms with Crippen molar-refractivity contribution in [2.45, 2.75) is 0 Å². The highest BCUT2D eigenvalue weighted by Gasteiger charge is 2.20. The number of nitrogens with zero attached hydrogens (tertiary/aromatic N) is 2. The first kappa shape index (κ1) is 21.0. The number of non-ortho nitro benzene ring substituents is 1. The number of ether oxygens (including phenoxy) is 1. The van der Waals surface area contributed by atoms with Crippen LogP contribution in [0.4, 0.5) is 5.69 Å². The zero-order valence-electron chi connectivity index (χ0n) is 17.6. The molecule has 0 saturated carbocycles. The van der Waals surface area contributed by atoms with E-state index >= 15 is 0 Å². The molecule has 0 aliphatic carbocycles. The topological polar surface area (TPSA) is 113 Å². The quantitative estimate of drug-likeness (QED) is 0.143. The van der Waals surface area contributed by atoms with Crippen molar-refractivity contribution in [3.63, 3.8) is 0 Å². The molecule has 1 aromatic heterocycles. The summed E-state index contributed by atoms with van der Waals surface area (Å²) >= 11 is 0. The zero-order valence-corrected chi connectivity index (χ0v) is 17.6. The molecule has 0 aliphatic heterocycles. The number of carbonyl (C=O) groups is 2. The van der Waals surface area contributed by atoms with E-state index in [-0.39, 0.29) is 16.8 Å². The van der Waals surface area contributed by atoms with Gasteiger partial charge in [-0.2, -0.15) is 0 Å². The molecule has 0 saturated heterocycles. The van der Waals surface area contributed by atoms with Gasteiger partial charge in [0.05, 0.1) is 10.5 Å². The van der Waals surface area contributed by atoms with E-state index in [1.807, 2.05) is 42.5 Å². The van der Waals surface area contributed by atoms with Crippen molar-refractivity contribution in [1.29, 1.82) is 0 Å². The van der Waals surface area contributed by atoms with E-state index in [0.717, 1.165) is 11.5 Å². The molecule has 5 rings (SSSR count). The number of oxazole rings is 1. The Morgan fingerprint density at radius 1 is 0.941 bits per heavy atom. The number of rotatable bonds is 6. The summed E-state index contributed by atoms with van der Waals surface area (Å²) in [6, 6.07) is 23.3. The maximum Gasteiger partial charge on any atom is 0.339 e. The van der Waals surface area contributed by atoms with Crippen molar-refractivity contribution in [3.8, 4) is 11.5 Å². The molecule has 0 radical (unpaired) electrons. The Hall–Kier alpha value is -4.85. The van der Waals surface area contributed by atoms with Crippen molar-refractivity contribution in [2.24, 2.45) is 0 Å². The molecule has 0 N–H and O–H groups in total. The second kappa shape index (κ2) is 8.59. The minimum absolute atomic E-state index is 0.0899. The summed E-state index contributed by atoms with van der Waals surface area (Å²) < 4.78 is 11.2. The highest BCUT2D eigenvalue weighted by molar-refractivity contribution is 6.10. The molecule has 8 heteroatoms. The molecule has 0 aliphatic rings. The van der Waals surface area contributed by atoms with Gasteiger partial charge in [0.1, 0.15) is 5.52 Å². The number of fused-ring (bicyclic) bond motifs is 2. The number of benzene rings is 4. The van der Waals surface area contributed by atoms with Crippen LogP contribution in [-0.2, 0) is 4.74 Å². The van der Waals surface area contributed by atoms with Crippen LogP contribution in [0.25, 0.3) is 33.3 Å². The predicted octanol–water partition coefficient (Wildman–Crippen LogP) is 5.60. The molecule has 4 aromatic carbocycles. The predicted molar refractivity (Wildman–Crippen MR) is 125 cm³/mol. The molecule has 0 bridgehead atoms. The molecule has 166 valence electrons. The fourth-order valence-corrected chi connectivity index (χ4v) is 3.76. The fourth-order valence-electron chi connectivity index (χ4n) is 3.76. The average molecular weight is 452 g/mol. The van der Waals surface area contributed by atoms with Crippen molar-refractivity contribution in [1.82, 2.24) is 4.98 Å². The summed E-state index contributed by atoms with van der Waals surface area (Å²) in [5, 5.41) is 12.3. The molecule has 0 amide bonds. The first-order valence-corrected chi connectivity index (χ1v) is 10.3. The summed E-state index contributed by atoms with van der Waals surface area (Å²) in [5.74, 6) is -0.885. The molecular weight excluding hydrogens is 436 g/mol. The standard InChI is InChI=1S/C26H16N2O6/c29-22(17-8-3-9-18(14-17)28(31)32)15-33-26(30)20-11-5-7-16-6-4-10-19(24(16)20)25-27-21-12-1-2-13-23(21)34-25/h1-14H,15H2. The molecule has 1 heterocycles. The number of esters is 1. The number of aromatic nitrogens is 1. The van der Waals surface area contributed by atoms with Gasteiger partial charge in [-0.1, -0.05) is 48.5 Å². The summed E-state index contributed by atoms with van der Waals surface area (Å²) in [5.41, 5.74) is 2.06. The Morgan fingerprint density at radius 2 is 1.71 bits per heavy atom. The summed E-state index contributed by atoms with van der Waals surface area (Å²) in [4.78, 5) is 40.4. The van der Waals surface area contributed by atoms with Crippen LogP contribution in [-0.4, -0.2) is 28.3 Å². The summed E-state index contributed by atoms with van der Waals surface area (Å²) in [6.07, 6.45) is 0. The van der Waals surface area contributed by atoms with E-state index in [1.165, 1.54) is 18.2 Å². The number of nitro benzene ring substituents is 1. The lowest BCUT2D eigenvalue weighted by Crippen LogP contribution is -2.15. The van der Waals surface area contributed by atoms with E-state index in [0.29, 0.717) is 27.9 Å². The van der Waals surface area contributed by atoms with Gasteiger partial charge < -0.3 is 9.15 Å². The maximum absolute atomic E-state index is 13.0. The molecule has 34 heavy (non-hydrogen) atoms. The minimum Gasteiger partial charge on any atom is -0.454 e. The zero-order chi connectivity index (χ0) is 23.7. The molecule has 8 nitrogen and oxygen atoms in total. The lowest BCUT2D eigenvalue weighted by Gasteiger charge is -2.10. The van der Waals surface area contributed by atoms with Gasteiger partial charge in [0.15, 0.2) is 12.2 Å². The van der Waals surface area contributed by atoms with Crippen LogP contribution in [0.2, 0.25) is 0 Å². The minimum atomic E-state index is -0.701. The van der Waals surface area contributed by atoms with Gasteiger partial charge in [0, 0.05) is 28.6 Å². The highest BCUT2D eigenvalue weighted by Crippen LogP contribution is 2.33. The Balaban J connectivity index is 1.46. The number of carbonyl (C=O) groups excluding carboxylic acids is 2. The molecule has 0 fully saturated rings. The monoisotopic (exact) mass is 452 g/mol. The number of ketones is 1. The molecule has 0 unspecified atom stereocenters. The van der Waals surface area contributed by atoms with Gasteiger partial charge in [-0.05, 0) is 29.7 Å². The molecule has 0 spiro atoms. The fraction of sp³-hybridized carbons (Fsp3) is 0.0385. The van der Waals surface area contributed by atoms with Gasteiger partial charge in [-0.25, -0.2) is 9.78 Å². The van der Waals surface area contributed by atoms with Crippen molar-refractivity contribution < 1.29 is 23.7 Å². The summed E-state index contributed by atoms with van der Waals surface area (Å²) in [6.45, 7) is -0.554. The lowest BCUT2D eigenvalue weighted by atomic mass is 9.99. The van der Waals surface area contributed by atoms with Gasteiger partial charge in [-0.15, -0.1) is 0 Å². The van der Waals surface area contributed by atoms with Gasteiger partial charge >= 0.3 is 5.97 Å². The van der Waals surface area contributed by atoms with Crippen LogP contribution >= 0.6 is 0 Å². The number of hydrogen-bond donors (Lipinski definition) is 0. The van der Waals surface area contributed by atoms with Crippen molar-refractivity contribution in [3.05, 3.63) is 106 Å². The number of hydrogen-bond acceptors (Lipinski definition) is 7. The SMILES string of the molecule is O=C(COC(=O)c1cccc2cccc(-c3nc4ccccc4o3)c12)c1cccc([N+](=O)[O-])c1. The van der Waals surface area contributed by atoms with Crippen LogP contribution in [0.5, 0.6) is 0 Å². The largest absolute Gasteiger partial charge is 0.454 e. The number of para-hydroxylation sites is 2. The Labute approximate surface area is 192 Å². The van der Waals surface area contributed by atoms with Crippen molar-refractivity contribution in [2.75, 3.05) is 6.61 Å². The molecular formula is C26H16N2O6. The second-order valence-corrected chi connectivity index (χ2v) is 7.50. The van der Waals surface area contributed by atoms with Crippen LogP contribution in [0.3, 0.4) is 0 Å². The van der Waals surface area contributed by atoms with E-state index < -0.39 is 23.3 Å². The van der Waals surface area contributed by atoms with Crippen LogP contribution < -0.4 is 0 Å². The third-order valence-electron chi connectivity index (χ3n) is 5.36. The number of Topliss-reactive ketones (excluding diaryl/α,β-unsaturated/α-hetero) is 1. The molecule has 0 atom stereocenters. The van der Waals surface area contributed by atoms with E-state index in [9.17, 15) is 19.7 Å². The van der Waals surface area contributed by atoms with E-state index in [2.05, 4.69) is 4.98 Å². The van der Waals surface area contributed by atoms with Gasteiger partial charge in [0.25, 0.3) is 5.69 Å². The Kier molecular flexibility index (Phi) is 5.31. The first-order chi connectivity index (χ1) is 16.5. The Morgan fingerprint density at radius 3 is 2.50 bits per heavy atom. The van der Waals surface area contributed by atoms with Crippen LogP contribution in [0.1, 0.15) is 20.7 Å². The average Bonchev–Trinajstić information content (AvgIpc) is 3.30. The highest BCUT2D eigenvalue weighted by atomic mass is 16.6. The molecule has 5 aromatic rings. The smallest absolute Gasteiger partial charge is 0.339 e. The van der Waals surface area contributed by atoms with Crippen LogP contribution in [0, 0.1) is 10.1 Å². The van der Waals surface area contributed by atoms with Crippen LogP contribution in [0.15, 0.2) is 89.3 Å². The maximum atomic E-state index is 13.0. The third-order valence-corrected chi connectivity index (χ3v) is 5.36. The van der Waals surface area contributed by atoms with E-state index in [4.69, 9.17) is 9.15 Å². The van der Waals surface area contributed by atoms with Gasteiger partial charge in [0.2, 0.25) is 11.7 Å². The van der Waals surface area contributed by atoms with E-state index in [1.54, 1.807) is 18.2 Å². The normalized spacial score (nSPS) is 10.9. The lowest BCUT2D eigenvalue weighted by molar-refractivity contribution is -0.384. The van der Waals surface area contributed by atoms with Crippen molar-refractivity contribution >= 4 is 39.3 Å². The Bertz CT molecular complexity index is 1550. The summed E-state index contributed by atoms with van der Waals surface area (Å²) in [7, 11) is 0. The van der Waals surface area contributed by atoms with Gasteiger partial charge in [-0.3, -0.25) is 14.9 Å². The number of nitro groups is 1. The third kappa shape index (κ3) is 3.88. The second-order valence-electron chi connectivity index (χ2n) is 7.50.